The van der Waals surface area contributed by atoms with Crippen LogP contribution in [0.25, 0.3) is 0 Å². The van der Waals surface area contributed by atoms with Crippen molar-refractivity contribution in [1.82, 2.24) is 4.98 Å². The number of anilines is 1. The highest BCUT2D eigenvalue weighted by molar-refractivity contribution is 9.10. The lowest BCUT2D eigenvalue weighted by atomic mass is 9.98. The van der Waals surface area contributed by atoms with E-state index in [0.717, 1.165) is 41.5 Å². The summed E-state index contributed by atoms with van der Waals surface area (Å²) in [7, 11) is 0. The lowest BCUT2D eigenvalue weighted by Crippen LogP contribution is -2.48. The van der Waals surface area contributed by atoms with Gasteiger partial charge < -0.3 is 11.1 Å². The number of halogens is 1. The van der Waals surface area contributed by atoms with E-state index in [1.807, 2.05) is 18.3 Å². The number of thiazole rings is 1. The summed E-state index contributed by atoms with van der Waals surface area (Å²) in [5, 5.41) is 3.51. The highest BCUT2D eigenvalue weighted by Crippen LogP contribution is 2.29. The molecule has 0 unspecified atom stereocenters. The van der Waals surface area contributed by atoms with E-state index in [9.17, 15) is 4.79 Å². The summed E-state index contributed by atoms with van der Waals surface area (Å²) in [5.41, 5.74) is 6.66. The predicted octanol–water partition coefficient (Wildman–Crippen LogP) is 3.71. The summed E-state index contributed by atoms with van der Waals surface area (Å²) in [5.74, 6) is -0.103. The van der Waals surface area contributed by atoms with Gasteiger partial charge in [-0.05, 0) is 30.5 Å². The molecule has 0 bridgehead atoms. The number of carbonyl (C=O) groups is 1. The van der Waals surface area contributed by atoms with E-state index >= 15 is 0 Å². The van der Waals surface area contributed by atoms with Gasteiger partial charge in [-0.1, -0.05) is 40.9 Å². The molecule has 3 rings (SSSR count). The van der Waals surface area contributed by atoms with Gasteiger partial charge in [0.05, 0.1) is 5.54 Å². The minimum atomic E-state index is -0.712. The largest absolute Gasteiger partial charge is 0.317 e. The third kappa shape index (κ3) is 3.56. The Bertz CT molecular complexity index is 680. The Morgan fingerprint density at radius 3 is 2.91 bits per heavy atom. The third-order valence-electron chi connectivity index (χ3n) is 3.99. The molecule has 116 valence electrons. The van der Waals surface area contributed by atoms with Crippen molar-refractivity contribution in [1.29, 1.82) is 0 Å². The number of nitrogens with two attached hydrogens (primary N) is 1. The van der Waals surface area contributed by atoms with Gasteiger partial charge in [-0.2, -0.15) is 0 Å². The fourth-order valence-corrected chi connectivity index (χ4v) is 4.04. The molecule has 1 aliphatic carbocycles. The molecule has 0 aliphatic heterocycles. The van der Waals surface area contributed by atoms with Crippen LogP contribution in [0.2, 0.25) is 0 Å². The van der Waals surface area contributed by atoms with Gasteiger partial charge in [-0.15, -0.1) is 11.3 Å². The fourth-order valence-electron chi connectivity index (χ4n) is 2.75. The number of benzene rings is 1. The van der Waals surface area contributed by atoms with Gasteiger partial charge in [0.2, 0.25) is 5.91 Å². The maximum atomic E-state index is 12.3. The molecule has 6 heteroatoms. The molecule has 1 amide bonds. The maximum Gasteiger partial charge on any atom is 0.246 e. The molecule has 0 atom stereocenters. The highest BCUT2D eigenvalue weighted by Gasteiger charge is 2.37. The van der Waals surface area contributed by atoms with Crippen molar-refractivity contribution in [2.45, 2.75) is 37.6 Å². The van der Waals surface area contributed by atoms with E-state index in [1.165, 1.54) is 16.9 Å². The smallest absolute Gasteiger partial charge is 0.246 e. The predicted molar refractivity (Wildman–Crippen MR) is 93.1 cm³/mol. The van der Waals surface area contributed by atoms with E-state index < -0.39 is 5.54 Å². The summed E-state index contributed by atoms with van der Waals surface area (Å²) < 4.78 is 1.06. The number of hydrogen-bond donors (Lipinski definition) is 2. The first-order chi connectivity index (χ1) is 10.5. The molecule has 1 saturated carbocycles. The topological polar surface area (TPSA) is 68.0 Å². The quantitative estimate of drug-likeness (QED) is 0.850. The average Bonchev–Trinajstić information content (AvgIpc) is 3.09. The van der Waals surface area contributed by atoms with Gasteiger partial charge in [0.15, 0.2) is 5.13 Å². The zero-order chi connectivity index (χ0) is 15.6. The van der Waals surface area contributed by atoms with Gasteiger partial charge in [0.1, 0.15) is 0 Å². The van der Waals surface area contributed by atoms with Crippen LogP contribution >= 0.6 is 27.3 Å². The molecule has 3 N–H and O–H groups in total. The maximum absolute atomic E-state index is 12.3. The van der Waals surface area contributed by atoms with Gasteiger partial charge in [0.25, 0.3) is 0 Å². The number of aromatic nitrogens is 1. The first-order valence-corrected chi connectivity index (χ1v) is 8.96. The summed E-state index contributed by atoms with van der Waals surface area (Å²) in [4.78, 5) is 17.7. The Hall–Kier alpha value is -1.24. The fraction of sp³-hybridized carbons (Fsp3) is 0.375. The summed E-state index contributed by atoms with van der Waals surface area (Å²) in [6.45, 7) is 0. The second kappa shape index (κ2) is 6.48. The average molecular weight is 380 g/mol. The lowest BCUT2D eigenvalue weighted by Gasteiger charge is -2.21. The van der Waals surface area contributed by atoms with E-state index in [-0.39, 0.29) is 5.91 Å². The number of nitrogens with zero attached hydrogens (tertiary/aromatic N) is 1. The molecule has 0 radical (unpaired) electrons. The summed E-state index contributed by atoms with van der Waals surface area (Å²) in [6.07, 6.45) is 6.19. The van der Waals surface area contributed by atoms with Crippen molar-refractivity contribution in [2.75, 3.05) is 5.32 Å². The number of rotatable bonds is 4. The van der Waals surface area contributed by atoms with Crippen LogP contribution in [0, 0.1) is 0 Å². The monoisotopic (exact) mass is 379 g/mol. The Morgan fingerprint density at radius 1 is 1.41 bits per heavy atom. The first kappa shape index (κ1) is 15.6. The van der Waals surface area contributed by atoms with Crippen LogP contribution in [0.15, 0.2) is 34.9 Å². The first-order valence-electron chi connectivity index (χ1n) is 7.35. The molecule has 1 aliphatic rings. The van der Waals surface area contributed by atoms with Crippen molar-refractivity contribution in [3.05, 3.63) is 45.4 Å². The zero-order valence-corrected chi connectivity index (χ0v) is 14.5. The number of nitrogens with one attached hydrogen (secondary N) is 1. The van der Waals surface area contributed by atoms with Crippen LogP contribution in [0.3, 0.4) is 0 Å². The van der Waals surface area contributed by atoms with Crippen molar-refractivity contribution in [2.24, 2.45) is 5.73 Å². The molecule has 0 saturated heterocycles. The van der Waals surface area contributed by atoms with Gasteiger partial charge in [-0.25, -0.2) is 4.98 Å². The lowest BCUT2D eigenvalue weighted by molar-refractivity contribution is -0.121. The standard InChI is InChI=1S/C16H18BrN3OS/c17-12-5-3-4-11(8-12)9-13-10-19-15(22-13)20-14(21)16(18)6-1-2-7-16/h3-5,8,10H,1-2,6-7,9,18H2,(H,19,20,21). The van der Waals surface area contributed by atoms with Crippen LogP contribution in [-0.2, 0) is 11.2 Å². The summed E-state index contributed by atoms with van der Waals surface area (Å²) in [6, 6.07) is 8.19. The number of amides is 1. The van der Waals surface area contributed by atoms with Crippen LogP contribution in [-0.4, -0.2) is 16.4 Å². The third-order valence-corrected chi connectivity index (χ3v) is 5.40. The van der Waals surface area contributed by atoms with Crippen molar-refractivity contribution >= 4 is 38.3 Å². The Morgan fingerprint density at radius 2 is 2.18 bits per heavy atom. The van der Waals surface area contributed by atoms with E-state index in [4.69, 9.17) is 5.73 Å². The van der Waals surface area contributed by atoms with E-state index in [2.05, 4.69) is 38.4 Å². The molecule has 22 heavy (non-hydrogen) atoms. The molecule has 4 nitrogen and oxygen atoms in total. The van der Waals surface area contributed by atoms with Crippen LogP contribution in [0.5, 0.6) is 0 Å². The minimum Gasteiger partial charge on any atom is -0.317 e. The SMILES string of the molecule is NC1(C(=O)Nc2ncc(Cc3cccc(Br)c3)s2)CCCC1. The normalized spacial score (nSPS) is 16.6. The van der Waals surface area contributed by atoms with E-state index in [0.29, 0.717) is 5.13 Å². The Balaban J connectivity index is 1.65. The minimum absolute atomic E-state index is 0.103. The second-order valence-electron chi connectivity index (χ2n) is 5.76. The van der Waals surface area contributed by atoms with Crippen molar-refractivity contribution in [3.8, 4) is 0 Å². The van der Waals surface area contributed by atoms with Crippen LogP contribution < -0.4 is 11.1 Å². The van der Waals surface area contributed by atoms with Crippen LogP contribution in [0.4, 0.5) is 5.13 Å². The van der Waals surface area contributed by atoms with Gasteiger partial charge >= 0.3 is 0 Å². The van der Waals surface area contributed by atoms with Crippen molar-refractivity contribution < 1.29 is 4.79 Å². The van der Waals surface area contributed by atoms with Crippen LogP contribution in [0.1, 0.15) is 36.1 Å². The molecule has 1 aromatic carbocycles. The van der Waals surface area contributed by atoms with E-state index in [1.54, 1.807) is 0 Å². The number of carbonyl (C=O) groups excluding carboxylic acids is 1. The molecule has 2 aromatic rings. The Labute approximate surface area is 142 Å². The highest BCUT2D eigenvalue weighted by atomic mass is 79.9. The summed E-state index contributed by atoms with van der Waals surface area (Å²) >= 11 is 4.98. The zero-order valence-electron chi connectivity index (χ0n) is 12.1. The van der Waals surface area contributed by atoms with Crippen molar-refractivity contribution in [3.63, 3.8) is 0 Å². The molecule has 1 aromatic heterocycles. The van der Waals surface area contributed by atoms with Gasteiger partial charge in [0, 0.05) is 22.0 Å². The Kier molecular flexibility index (Phi) is 4.61. The molecule has 0 spiro atoms. The number of hydrogen-bond acceptors (Lipinski definition) is 4. The second-order valence-corrected chi connectivity index (χ2v) is 7.79. The molecular weight excluding hydrogens is 362 g/mol. The molecule has 1 fully saturated rings. The molecule has 1 heterocycles. The van der Waals surface area contributed by atoms with Gasteiger partial charge in [-0.3, -0.25) is 4.79 Å². The molecular formula is C16H18BrN3OS.